The fraction of sp³-hybridized carbons (Fsp3) is 0.174. The molecule has 2 heterocycles. The molecule has 0 saturated carbocycles. The van der Waals surface area contributed by atoms with Gasteiger partial charge in [-0.2, -0.15) is 0 Å². The highest BCUT2D eigenvalue weighted by atomic mass is 32.2. The van der Waals surface area contributed by atoms with Crippen molar-refractivity contribution in [3.05, 3.63) is 59.7 Å². The van der Waals surface area contributed by atoms with Gasteiger partial charge < -0.3 is 24.3 Å². The molecule has 3 aromatic carbocycles. The Hall–Kier alpha value is -3.76. The number of anilines is 1. The van der Waals surface area contributed by atoms with Crippen molar-refractivity contribution in [2.45, 2.75) is 11.8 Å². The van der Waals surface area contributed by atoms with Gasteiger partial charge in [0.15, 0.2) is 23.0 Å². The number of nitrogens with zero attached hydrogens (tertiary/aromatic N) is 1. The van der Waals surface area contributed by atoms with E-state index in [1.807, 2.05) is 13.0 Å². The number of sulfonamides is 1. The molecule has 170 valence electrons. The largest absolute Gasteiger partial charge is 0.456 e. The average Bonchev–Trinajstić information content (AvgIpc) is 3.18. The fourth-order valence-corrected chi connectivity index (χ4v) is 4.50. The molecule has 33 heavy (non-hydrogen) atoms. The highest BCUT2D eigenvalue weighted by Crippen LogP contribution is 2.43. The molecule has 2 aliphatic heterocycles. The second-order valence-corrected chi connectivity index (χ2v) is 9.88. The normalized spacial score (nSPS) is 14.1. The first kappa shape index (κ1) is 21.1. The third-order valence-electron chi connectivity index (χ3n) is 5.22. The number of amides is 1. The Morgan fingerprint density at radius 3 is 2.48 bits per heavy atom. The predicted molar refractivity (Wildman–Crippen MR) is 119 cm³/mol. The zero-order valence-electron chi connectivity index (χ0n) is 18.0. The van der Waals surface area contributed by atoms with Crippen LogP contribution < -0.4 is 24.3 Å². The number of benzene rings is 3. The summed E-state index contributed by atoms with van der Waals surface area (Å²) < 4.78 is 49.9. The molecular weight excluding hydrogens is 448 g/mol. The van der Waals surface area contributed by atoms with Gasteiger partial charge in [0, 0.05) is 26.2 Å². The zero-order chi connectivity index (χ0) is 23.3. The van der Waals surface area contributed by atoms with Gasteiger partial charge in [0.05, 0.1) is 11.3 Å². The van der Waals surface area contributed by atoms with Gasteiger partial charge in [0.1, 0.15) is 16.4 Å². The summed E-state index contributed by atoms with van der Waals surface area (Å²) in [5, 5.41) is 2.78. The lowest BCUT2D eigenvalue weighted by atomic mass is 10.1. The van der Waals surface area contributed by atoms with Gasteiger partial charge in [-0.25, -0.2) is 12.7 Å². The number of ether oxygens (including phenoxy) is 4. The minimum atomic E-state index is -3.97. The topological polar surface area (TPSA) is 103 Å². The molecule has 10 heteroatoms. The van der Waals surface area contributed by atoms with Gasteiger partial charge in [0.2, 0.25) is 16.8 Å². The lowest BCUT2D eigenvalue weighted by Gasteiger charge is -2.18. The summed E-state index contributed by atoms with van der Waals surface area (Å²) in [6.45, 7) is 1.99. The molecule has 0 aliphatic carbocycles. The maximum atomic E-state index is 13.1. The monoisotopic (exact) mass is 468 g/mol. The van der Waals surface area contributed by atoms with Crippen LogP contribution in [0.25, 0.3) is 0 Å². The van der Waals surface area contributed by atoms with Gasteiger partial charge >= 0.3 is 0 Å². The van der Waals surface area contributed by atoms with E-state index in [1.54, 1.807) is 30.3 Å². The van der Waals surface area contributed by atoms with Crippen molar-refractivity contribution in [3.63, 3.8) is 0 Å². The Morgan fingerprint density at radius 1 is 0.939 bits per heavy atom. The van der Waals surface area contributed by atoms with E-state index in [2.05, 4.69) is 5.32 Å². The average molecular weight is 468 g/mol. The molecule has 0 bridgehead atoms. The molecule has 0 aromatic heterocycles. The number of rotatable bonds is 4. The van der Waals surface area contributed by atoms with E-state index in [0.717, 1.165) is 9.87 Å². The summed E-state index contributed by atoms with van der Waals surface area (Å²) in [5.74, 6) is 1.51. The molecule has 2 aliphatic rings. The Kier molecular flexibility index (Phi) is 4.91. The van der Waals surface area contributed by atoms with Crippen molar-refractivity contribution in [1.29, 1.82) is 0 Å². The van der Waals surface area contributed by atoms with E-state index in [4.69, 9.17) is 18.9 Å². The molecule has 1 amide bonds. The summed E-state index contributed by atoms with van der Waals surface area (Å²) in [4.78, 5) is 12.8. The van der Waals surface area contributed by atoms with Crippen molar-refractivity contribution < 1.29 is 32.2 Å². The van der Waals surface area contributed by atoms with Crippen molar-refractivity contribution in [3.8, 4) is 34.5 Å². The molecular formula is C23H20N2O7S. The molecule has 1 N–H and O–H groups in total. The van der Waals surface area contributed by atoms with E-state index in [9.17, 15) is 13.2 Å². The Balaban J connectivity index is 1.65. The van der Waals surface area contributed by atoms with Crippen LogP contribution in [0.2, 0.25) is 0 Å². The molecule has 9 nitrogen and oxygen atoms in total. The van der Waals surface area contributed by atoms with Gasteiger partial charge in [-0.1, -0.05) is 6.07 Å². The lowest BCUT2D eigenvalue weighted by Crippen LogP contribution is -2.23. The quantitative estimate of drug-likeness (QED) is 0.614. The van der Waals surface area contributed by atoms with Crippen molar-refractivity contribution in [2.75, 3.05) is 26.2 Å². The van der Waals surface area contributed by atoms with Crippen LogP contribution >= 0.6 is 0 Å². The summed E-state index contributed by atoms with van der Waals surface area (Å²) >= 11 is 0. The smallest absolute Gasteiger partial charge is 0.259 e. The van der Waals surface area contributed by atoms with Crippen LogP contribution in [0.4, 0.5) is 5.69 Å². The number of nitrogens with one attached hydrogen (secondary N) is 1. The first-order chi connectivity index (χ1) is 15.7. The van der Waals surface area contributed by atoms with Crippen LogP contribution in [0.5, 0.6) is 34.5 Å². The third-order valence-corrected chi connectivity index (χ3v) is 7.06. The molecule has 0 spiro atoms. The van der Waals surface area contributed by atoms with E-state index < -0.39 is 15.9 Å². The van der Waals surface area contributed by atoms with Gasteiger partial charge in [-0.05, 0) is 42.8 Å². The summed E-state index contributed by atoms with van der Waals surface area (Å²) in [6.07, 6.45) is 0. The fourth-order valence-electron chi connectivity index (χ4n) is 3.49. The van der Waals surface area contributed by atoms with Crippen LogP contribution in [0.15, 0.2) is 53.4 Å². The second-order valence-electron chi connectivity index (χ2n) is 7.76. The van der Waals surface area contributed by atoms with Crippen molar-refractivity contribution in [1.82, 2.24) is 4.31 Å². The van der Waals surface area contributed by atoms with Crippen LogP contribution in [0, 0.1) is 6.92 Å². The highest BCUT2D eigenvalue weighted by Gasteiger charge is 2.30. The van der Waals surface area contributed by atoms with Crippen molar-refractivity contribution in [2.24, 2.45) is 0 Å². The van der Waals surface area contributed by atoms with E-state index in [1.165, 1.54) is 26.2 Å². The van der Waals surface area contributed by atoms with Crippen LogP contribution in [0.1, 0.15) is 15.9 Å². The number of fused-ring (bicyclic) bond motifs is 3. The Morgan fingerprint density at radius 2 is 1.70 bits per heavy atom. The minimum absolute atomic E-state index is 0.00433. The summed E-state index contributed by atoms with van der Waals surface area (Å²) in [6, 6.07) is 13.0. The Labute approximate surface area is 190 Å². The minimum Gasteiger partial charge on any atom is -0.456 e. The lowest BCUT2D eigenvalue weighted by molar-refractivity contribution is 0.102. The van der Waals surface area contributed by atoms with Crippen molar-refractivity contribution >= 4 is 21.6 Å². The number of carbonyl (C=O) groups excluding carboxylic acids is 1. The van der Waals surface area contributed by atoms with E-state index in [-0.39, 0.29) is 28.8 Å². The second kappa shape index (κ2) is 7.68. The molecule has 0 atom stereocenters. The summed E-state index contributed by atoms with van der Waals surface area (Å²) in [7, 11) is -1.16. The zero-order valence-corrected chi connectivity index (χ0v) is 18.9. The van der Waals surface area contributed by atoms with E-state index in [0.29, 0.717) is 28.7 Å². The Bertz CT molecular complexity index is 1400. The maximum absolute atomic E-state index is 13.1. The molecule has 0 fully saturated rings. The molecule has 0 saturated heterocycles. The van der Waals surface area contributed by atoms with Gasteiger partial charge in [-0.3, -0.25) is 4.79 Å². The summed E-state index contributed by atoms with van der Waals surface area (Å²) in [5.41, 5.74) is 1.50. The maximum Gasteiger partial charge on any atom is 0.259 e. The molecule has 3 aromatic rings. The van der Waals surface area contributed by atoms with Gasteiger partial charge in [0.25, 0.3) is 5.91 Å². The highest BCUT2D eigenvalue weighted by molar-refractivity contribution is 7.89. The third kappa shape index (κ3) is 3.73. The number of aryl methyl sites for hydroxylation is 1. The van der Waals surface area contributed by atoms with E-state index >= 15 is 0 Å². The molecule has 0 unspecified atom stereocenters. The van der Waals surface area contributed by atoms with Gasteiger partial charge in [-0.15, -0.1) is 0 Å². The van der Waals surface area contributed by atoms with Crippen LogP contribution in [-0.4, -0.2) is 39.5 Å². The SMILES string of the molecule is Cc1ccc2c(c1)NC(=O)c1cc(S(=O)(=O)N(C)C)c(Oc3ccc4c(c3)OCO4)cc1O2. The first-order valence-corrected chi connectivity index (χ1v) is 11.4. The standard InChI is InChI=1S/C23H20N2O7S/c1-13-4-6-17-16(8-13)24-23(26)15-10-22(33(27,28)25(2)3)21(11-19(15)32-17)31-14-5-7-18-20(9-14)30-12-29-18/h4-11H,12H2,1-3H3,(H,24,26). The number of hydrogen-bond acceptors (Lipinski definition) is 7. The number of carbonyl (C=O) groups is 1. The van der Waals surface area contributed by atoms with Crippen LogP contribution in [-0.2, 0) is 10.0 Å². The first-order valence-electron chi connectivity index (χ1n) is 10.0. The number of hydrogen-bond donors (Lipinski definition) is 1. The van der Waals surface area contributed by atoms with Crippen LogP contribution in [0.3, 0.4) is 0 Å². The molecule has 0 radical (unpaired) electrons. The predicted octanol–water partition coefficient (Wildman–Crippen LogP) is 4.12. The molecule has 5 rings (SSSR count).